The van der Waals surface area contributed by atoms with E-state index in [2.05, 4.69) is 95.7 Å². The summed E-state index contributed by atoms with van der Waals surface area (Å²) >= 11 is 3.68. The van der Waals surface area contributed by atoms with Crippen molar-refractivity contribution in [1.82, 2.24) is 0 Å². The Labute approximate surface area is 129 Å². The third-order valence-electron chi connectivity index (χ3n) is 3.95. The van der Waals surface area contributed by atoms with Gasteiger partial charge in [-0.25, -0.2) is 0 Å². The summed E-state index contributed by atoms with van der Waals surface area (Å²) in [5, 5.41) is 0. The molecule has 0 N–H and O–H groups in total. The lowest BCUT2D eigenvalue weighted by molar-refractivity contribution is 0.652. The Hall–Kier alpha value is -1.60. The maximum absolute atomic E-state index is 3.68. The molecular weight excluding hydrogens is 308 g/mol. The molecule has 2 unspecified atom stereocenters. The highest BCUT2D eigenvalue weighted by atomic mass is 79.9. The van der Waals surface area contributed by atoms with Crippen molar-refractivity contribution in [1.29, 1.82) is 0 Å². The molecule has 0 fully saturated rings. The van der Waals surface area contributed by atoms with E-state index in [4.69, 9.17) is 0 Å². The third kappa shape index (κ3) is 2.64. The first-order chi connectivity index (χ1) is 9.75. The zero-order chi connectivity index (χ0) is 13.9. The van der Waals surface area contributed by atoms with Gasteiger partial charge in [0.25, 0.3) is 0 Å². The molecule has 2 aromatic rings. The quantitative estimate of drug-likeness (QED) is 0.656. The monoisotopic (exact) mass is 324 g/mol. The molecule has 2 atom stereocenters. The summed E-state index contributed by atoms with van der Waals surface area (Å²) < 4.78 is 1.17. The molecular formula is C19H17Br. The average Bonchev–Trinajstić information content (AvgIpc) is 2.51. The van der Waals surface area contributed by atoms with Crippen LogP contribution in [-0.2, 0) is 0 Å². The maximum Gasteiger partial charge on any atom is 0.0144 e. The van der Waals surface area contributed by atoms with Crippen molar-refractivity contribution in [2.24, 2.45) is 5.92 Å². The van der Waals surface area contributed by atoms with Gasteiger partial charge in [-0.15, -0.1) is 0 Å². The molecule has 2 aromatic carbocycles. The van der Waals surface area contributed by atoms with Crippen LogP contribution in [-0.4, -0.2) is 0 Å². The van der Waals surface area contributed by atoms with E-state index >= 15 is 0 Å². The summed E-state index contributed by atoms with van der Waals surface area (Å²) in [6.45, 7) is 2.31. The Morgan fingerprint density at radius 3 is 2.10 bits per heavy atom. The smallest absolute Gasteiger partial charge is 0.0144 e. The van der Waals surface area contributed by atoms with Gasteiger partial charge < -0.3 is 0 Å². The zero-order valence-corrected chi connectivity index (χ0v) is 13.0. The van der Waals surface area contributed by atoms with Crippen molar-refractivity contribution in [2.75, 3.05) is 0 Å². The summed E-state index contributed by atoms with van der Waals surface area (Å²) in [7, 11) is 0. The Bertz CT molecular complexity index is 638. The van der Waals surface area contributed by atoms with Gasteiger partial charge in [-0.05, 0) is 28.7 Å². The standard InChI is InChI=1S/C19H17Br/c1-14-18(15-8-4-2-5-9-15)12-17(20)13-19(14)16-10-6-3-7-11-16/h2-14,18H,1H3. The molecule has 0 nitrogen and oxygen atoms in total. The molecule has 0 saturated carbocycles. The van der Waals surface area contributed by atoms with Gasteiger partial charge in [0, 0.05) is 10.4 Å². The first kappa shape index (κ1) is 13.4. The molecule has 100 valence electrons. The molecule has 1 aliphatic carbocycles. The second-order valence-electron chi connectivity index (χ2n) is 5.24. The topological polar surface area (TPSA) is 0 Å². The van der Waals surface area contributed by atoms with Crippen LogP contribution in [0.15, 0.2) is 77.3 Å². The molecule has 0 bridgehead atoms. The lowest BCUT2D eigenvalue weighted by atomic mass is 9.77. The lowest BCUT2D eigenvalue weighted by Gasteiger charge is -2.28. The Morgan fingerprint density at radius 1 is 0.850 bits per heavy atom. The highest BCUT2D eigenvalue weighted by molar-refractivity contribution is 9.11. The number of hydrogen-bond donors (Lipinski definition) is 0. The van der Waals surface area contributed by atoms with E-state index in [1.807, 2.05) is 0 Å². The van der Waals surface area contributed by atoms with Crippen LogP contribution in [0.25, 0.3) is 5.57 Å². The number of allylic oxidation sites excluding steroid dienone is 4. The van der Waals surface area contributed by atoms with Gasteiger partial charge >= 0.3 is 0 Å². The minimum absolute atomic E-state index is 0.422. The predicted octanol–water partition coefficient (Wildman–Crippen LogP) is 5.78. The SMILES string of the molecule is CC1C(c2ccccc2)=CC(Br)=CC1c1ccccc1. The van der Waals surface area contributed by atoms with Crippen LogP contribution < -0.4 is 0 Å². The third-order valence-corrected chi connectivity index (χ3v) is 4.45. The molecule has 1 aliphatic rings. The summed E-state index contributed by atoms with van der Waals surface area (Å²) in [4.78, 5) is 0. The molecule has 3 rings (SSSR count). The second-order valence-corrected chi connectivity index (χ2v) is 6.16. The average molecular weight is 325 g/mol. The minimum Gasteiger partial charge on any atom is -0.0622 e. The van der Waals surface area contributed by atoms with Gasteiger partial charge in [-0.1, -0.05) is 89.6 Å². The highest BCUT2D eigenvalue weighted by Crippen LogP contribution is 2.41. The van der Waals surface area contributed by atoms with Gasteiger partial charge in [0.15, 0.2) is 0 Å². The van der Waals surface area contributed by atoms with Gasteiger partial charge in [0.05, 0.1) is 0 Å². The van der Waals surface area contributed by atoms with E-state index < -0.39 is 0 Å². The van der Waals surface area contributed by atoms with Crippen molar-refractivity contribution >= 4 is 21.5 Å². The van der Waals surface area contributed by atoms with Crippen LogP contribution in [0.3, 0.4) is 0 Å². The molecule has 20 heavy (non-hydrogen) atoms. The first-order valence-corrected chi connectivity index (χ1v) is 7.74. The Balaban J connectivity index is 2.01. The molecule has 0 aromatic heterocycles. The van der Waals surface area contributed by atoms with Crippen molar-refractivity contribution in [3.05, 3.63) is 88.4 Å². The van der Waals surface area contributed by atoms with Gasteiger partial charge in [0.1, 0.15) is 0 Å². The van der Waals surface area contributed by atoms with E-state index in [0.717, 1.165) is 0 Å². The van der Waals surface area contributed by atoms with E-state index in [0.29, 0.717) is 11.8 Å². The fourth-order valence-corrected chi connectivity index (χ4v) is 3.41. The summed E-state index contributed by atoms with van der Waals surface area (Å²) in [5.41, 5.74) is 4.08. The highest BCUT2D eigenvalue weighted by Gasteiger charge is 2.25. The molecule has 0 amide bonds. The van der Waals surface area contributed by atoms with Crippen molar-refractivity contribution in [3.8, 4) is 0 Å². The number of hydrogen-bond acceptors (Lipinski definition) is 0. The van der Waals surface area contributed by atoms with E-state index in [9.17, 15) is 0 Å². The molecule has 0 saturated heterocycles. The number of rotatable bonds is 2. The Kier molecular flexibility index (Phi) is 3.88. The molecule has 0 heterocycles. The fraction of sp³-hybridized carbons (Fsp3) is 0.158. The van der Waals surface area contributed by atoms with Crippen molar-refractivity contribution < 1.29 is 0 Å². The van der Waals surface area contributed by atoms with E-state index in [1.165, 1.54) is 21.2 Å². The van der Waals surface area contributed by atoms with Crippen LogP contribution in [0.1, 0.15) is 24.0 Å². The van der Waals surface area contributed by atoms with Crippen molar-refractivity contribution in [3.63, 3.8) is 0 Å². The summed E-state index contributed by atoms with van der Waals surface area (Å²) in [6, 6.07) is 21.4. The van der Waals surface area contributed by atoms with Crippen LogP contribution in [0.2, 0.25) is 0 Å². The first-order valence-electron chi connectivity index (χ1n) is 6.95. The fourth-order valence-electron chi connectivity index (χ4n) is 2.87. The number of halogens is 1. The van der Waals surface area contributed by atoms with Crippen LogP contribution >= 0.6 is 15.9 Å². The summed E-state index contributed by atoms with van der Waals surface area (Å²) in [6.07, 6.45) is 4.56. The molecule has 0 aliphatic heterocycles. The van der Waals surface area contributed by atoms with Crippen molar-refractivity contribution in [2.45, 2.75) is 12.8 Å². The molecule has 1 heteroatoms. The van der Waals surface area contributed by atoms with Crippen LogP contribution in [0.4, 0.5) is 0 Å². The Morgan fingerprint density at radius 2 is 1.45 bits per heavy atom. The molecule has 0 spiro atoms. The van der Waals surface area contributed by atoms with Crippen LogP contribution in [0.5, 0.6) is 0 Å². The zero-order valence-electron chi connectivity index (χ0n) is 11.5. The minimum atomic E-state index is 0.422. The summed E-state index contributed by atoms with van der Waals surface area (Å²) in [5.74, 6) is 0.895. The van der Waals surface area contributed by atoms with Gasteiger partial charge in [-0.2, -0.15) is 0 Å². The lowest BCUT2D eigenvalue weighted by Crippen LogP contribution is -2.13. The van der Waals surface area contributed by atoms with E-state index in [1.54, 1.807) is 0 Å². The van der Waals surface area contributed by atoms with E-state index in [-0.39, 0.29) is 0 Å². The number of benzene rings is 2. The molecule has 0 radical (unpaired) electrons. The van der Waals surface area contributed by atoms with Crippen LogP contribution in [0, 0.1) is 5.92 Å². The maximum atomic E-state index is 3.68. The second kappa shape index (κ2) is 5.80. The van der Waals surface area contributed by atoms with Gasteiger partial charge in [-0.3, -0.25) is 0 Å². The largest absolute Gasteiger partial charge is 0.0622 e. The normalized spacial score (nSPS) is 22.1. The predicted molar refractivity (Wildman–Crippen MR) is 89.8 cm³/mol. The van der Waals surface area contributed by atoms with Gasteiger partial charge in [0.2, 0.25) is 0 Å².